The minimum absolute atomic E-state index is 0.106. The van der Waals surface area contributed by atoms with Gasteiger partial charge in [0.2, 0.25) is 0 Å². The van der Waals surface area contributed by atoms with Crippen LogP contribution in [0.5, 0.6) is 0 Å². The molecule has 2 atom stereocenters. The minimum Gasteiger partial charge on any atom is -0.391 e. The highest BCUT2D eigenvalue weighted by molar-refractivity contribution is 7.89. The molecule has 3 N–H and O–H groups in total. The van der Waals surface area contributed by atoms with Crippen molar-refractivity contribution in [2.24, 2.45) is 5.14 Å². The Kier molecular flexibility index (Phi) is 2.09. The Morgan fingerprint density at radius 3 is 2.64 bits per heavy atom. The Bertz CT molecular complexity index is 439. The normalized spacial score (nSPS) is 27.3. The lowest BCUT2D eigenvalue weighted by Crippen LogP contribution is -2.34. The van der Waals surface area contributed by atoms with Crippen LogP contribution in [0.15, 0.2) is 17.3 Å². The molecule has 1 fully saturated rings. The molecule has 0 radical (unpaired) electrons. The van der Waals surface area contributed by atoms with Crippen LogP contribution < -0.4 is 5.14 Å². The zero-order valence-corrected chi connectivity index (χ0v) is 8.18. The lowest BCUT2D eigenvalue weighted by molar-refractivity contribution is 0.0248. The summed E-state index contributed by atoms with van der Waals surface area (Å²) in [5.41, 5.74) is 0. The van der Waals surface area contributed by atoms with E-state index in [9.17, 15) is 13.5 Å². The summed E-state index contributed by atoms with van der Waals surface area (Å²) in [5.74, 6) is 0. The van der Waals surface area contributed by atoms with Gasteiger partial charge in [0, 0.05) is 6.20 Å². The summed E-state index contributed by atoms with van der Waals surface area (Å²) in [6.45, 7) is 0. The van der Waals surface area contributed by atoms with E-state index in [0.29, 0.717) is 0 Å². The second kappa shape index (κ2) is 3.04. The van der Waals surface area contributed by atoms with Crippen molar-refractivity contribution in [3.05, 3.63) is 12.3 Å². The zero-order valence-electron chi connectivity index (χ0n) is 7.37. The Morgan fingerprint density at radius 2 is 2.29 bits per heavy atom. The van der Waals surface area contributed by atoms with Crippen LogP contribution in [0.2, 0.25) is 0 Å². The zero-order chi connectivity index (χ0) is 10.3. The molecule has 0 saturated heterocycles. The summed E-state index contributed by atoms with van der Waals surface area (Å²) in [5, 5.41) is 17.9. The molecule has 7 heteroatoms. The minimum atomic E-state index is -3.73. The molecule has 6 nitrogen and oxygen atoms in total. The number of hydrogen-bond donors (Lipinski definition) is 2. The van der Waals surface area contributed by atoms with Crippen molar-refractivity contribution >= 4 is 10.0 Å². The van der Waals surface area contributed by atoms with E-state index in [1.165, 1.54) is 16.9 Å². The van der Waals surface area contributed by atoms with Crippen LogP contribution in [0.25, 0.3) is 0 Å². The quantitative estimate of drug-likeness (QED) is 0.679. The maximum absolute atomic E-state index is 10.9. The monoisotopic (exact) mass is 217 g/mol. The maximum Gasteiger partial charge on any atom is 0.257 e. The van der Waals surface area contributed by atoms with E-state index in [2.05, 4.69) is 5.10 Å². The van der Waals surface area contributed by atoms with Crippen molar-refractivity contribution in [3.8, 4) is 0 Å². The first-order valence-corrected chi connectivity index (χ1v) is 5.79. The number of aromatic nitrogens is 2. The van der Waals surface area contributed by atoms with E-state index in [0.717, 1.165) is 12.8 Å². The highest BCUT2D eigenvalue weighted by Crippen LogP contribution is 2.31. The number of nitrogens with two attached hydrogens (primary N) is 1. The first-order valence-electron chi connectivity index (χ1n) is 4.24. The molecule has 1 heterocycles. The third-order valence-electron chi connectivity index (χ3n) is 2.42. The van der Waals surface area contributed by atoms with Crippen LogP contribution in [0, 0.1) is 0 Å². The third kappa shape index (κ3) is 1.54. The van der Waals surface area contributed by atoms with Crippen LogP contribution in [0.3, 0.4) is 0 Å². The van der Waals surface area contributed by atoms with Gasteiger partial charge < -0.3 is 5.11 Å². The smallest absolute Gasteiger partial charge is 0.257 e. The topological polar surface area (TPSA) is 98.2 Å². The third-order valence-corrected chi connectivity index (χ3v) is 3.22. The molecular weight excluding hydrogens is 206 g/mol. The second-order valence-corrected chi connectivity index (χ2v) is 4.90. The fraction of sp³-hybridized carbons (Fsp3) is 0.571. The number of primary sulfonamides is 1. The Balaban J connectivity index is 2.26. The van der Waals surface area contributed by atoms with Crippen molar-refractivity contribution in [2.45, 2.75) is 30.0 Å². The molecule has 0 amide bonds. The largest absolute Gasteiger partial charge is 0.391 e. The van der Waals surface area contributed by atoms with Crippen molar-refractivity contribution in [2.75, 3.05) is 0 Å². The van der Waals surface area contributed by atoms with Crippen LogP contribution in [0.1, 0.15) is 18.9 Å². The summed E-state index contributed by atoms with van der Waals surface area (Å²) < 4.78 is 23.2. The summed E-state index contributed by atoms with van der Waals surface area (Å²) in [4.78, 5) is 0. The van der Waals surface area contributed by atoms with Crippen LogP contribution in [0.4, 0.5) is 0 Å². The average molecular weight is 217 g/mol. The molecule has 1 aliphatic carbocycles. The van der Waals surface area contributed by atoms with Gasteiger partial charge in [0.15, 0.2) is 5.03 Å². The molecule has 1 aliphatic rings. The van der Waals surface area contributed by atoms with Gasteiger partial charge in [0.05, 0.1) is 12.1 Å². The van der Waals surface area contributed by atoms with Gasteiger partial charge in [-0.3, -0.25) is 4.68 Å². The number of aliphatic hydroxyl groups is 1. The van der Waals surface area contributed by atoms with Gasteiger partial charge in [-0.25, -0.2) is 13.6 Å². The molecule has 1 aromatic rings. The molecule has 1 aromatic heterocycles. The van der Waals surface area contributed by atoms with Crippen molar-refractivity contribution < 1.29 is 13.5 Å². The fourth-order valence-corrected chi connectivity index (χ4v) is 1.89. The second-order valence-electron chi connectivity index (χ2n) is 3.39. The Morgan fingerprint density at radius 1 is 1.57 bits per heavy atom. The highest BCUT2D eigenvalue weighted by Gasteiger charge is 2.31. The number of aliphatic hydroxyl groups excluding tert-OH is 1. The average Bonchev–Trinajstić information content (AvgIpc) is 2.49. The summed E-state index contributed by atoms with van der Waals surface area (Å²) >= 11 is 0. The first kappa shape index (κ1) is 9.63. The van der Waals surface area contributed by atoms with E-state index in [1.807, 2.05) is 0 Å². The fourth-order valence-electron chi connectivity index (χ4n) is 1.43. The van der Waals surface area contributed by atoms with Gasteiger partial charge >= 0.3 is 0 Å². The lowest BCUT2D eigenvalue weighted by Gasteiger charge is -2.32. The van der Waals surface area contributed by atoms with Gasteiger partial charge in [-0.15, -0.1) is 0 Å². The van der Waals surface area contributed by atoms with E-state index >= 15 is 0 Å². The van der Waals surface area contributed by atoms with Crippen LogP contribution in [-0.4, -0.2) is 29.4 Å². The van der Waals surface area contributed by atoms with Gasteiger partial charge in [-0.2, -0.15) is 5.10 Å². The van der Waals surface area contributed by atoms with Gasteiger partial charge in [0.25, 0.3) is 10.0 Å². The number of nitrogens with zero attached hydrogens (tertiary/aromatic N) is 2. The highest BCUT2D eigenvalue weighted by atomic mass is 32.2. The number of hydrogen-bond acceptors (Lipinski definition) is 4. The van der Waals surface area contributed by atoms with Gasteiger partial charge in [0.1, 0.15) is 0 Å². The van der Waals surface area contributed by atoms with Crippen LogP contribution >= 0.6 is 0 Å². The molecule has 14 heavy (non-hydrogen) atoms. The lowest BCUT2D eigenvalue weighted by atomic mass is 9.89. The van der Waals surface area contributed by atoms with E-state index in [4.69, 9.17) is 5.14 Å². The predicted octanol–water partition coefficient (Wildman–Crippen LogP) is -0.774. The molecule has 2 unspecified atom stereocenters. The molecule has 78 valence electrons. The molecule has 2 rings (SSSR count). The summed E-state index contributed by atoms with van der Waals surface area (Å²) in [6, 6.07) is 1.23. The molecule has 0 spiro atoms. The van der Waals surface area contributed by atoms with E-state index < -0.39 is 16.1 Å². The standard InChI is InChI=1S/C7H11N3O3S/c8-14(12,13)7-3-4-10(9-7)5-1-2-6(5)11/h3-6,11H,1-2H2,(H2,8,12,13). The predicted molar refractivity (Wildman–Crippen MR) is 47.9 cm³/mol. The summed E-state index contributed by atoms with van der Waals surface area (Å²) in [6.07, 6.45) is 2.64. The summed E-state index contributed by atoms with van der Waals surface area (Å²) in [7, 11) is -3.73. The number of rotatable bonds is 2. The Labute approximate surface area is 81.4 Å². The van der Waals surface area contributed by atoms with E-state index in [-0.39, 0.29) is 11.1 Å². The van der Waals surface area contributed by atoms with Crippen molar-refractivity contribution in [3.63, 3.8) is 0 Å². The Hall–Kier alpha value is -0.920. The van der Waals surface area contributed by atoms with Gasteiger partial charge in [-0.05, 0) is 18.9 Å². The molecule has 0 aliphatic heterocycles. The molecule has 0 aromatic carbocycles. The molecule has 1 saturated carbocycles. The van der Waals surface area contributed by atoms with Gasteiger partial charge in [-0.1, -0.05) is 0 Å². The van der Waals surface area contributed by atoms with Crippen molar-refractivity contribution in [1.82, 2.24) is 9.78 Å². The SMILES string of the molecule is NS(=O)(=O)c1ccn(C2CCC2O)n1. The van der Waals surface area contributed by atoms with E-state index in [1.54, 1.807) is 0 Å². The molecular formula is C7H11N3O3S. The first-order chi connectivity index (χ1) is 6.48. The van der Waals surface area contributed by atoms with Crippen molar-refractivity contribution in [1.29, 1.82) is 0 Å². The molecule has 0 bridgehead atoms. The maximum atomic E-state index is 10.9. The number of sulfonamides is 1. The van der Waals surface area contributed by atoms with Crippen LogP contribution in [-0.2, 0) is 10.0 Å².